The fourth-order valence-corrected chi connectivity index (χ4v) is 3.25. The lowest BCUT2D eigenvalue weighted by Crippen LogP contribution is -2.40. The van der Waals surface area contributed by atoms with Gasteiger partial charge in [0, 0.05) is 5.92 Å². The van der Waals surface area contributed by atoms with Gasteiger partial charge < -0.3 is 9.63 Å². The van der Waals surface area contributed by atoms with Gasteiger partial charge in [-0.1, -0.05) is 41.6 Å². The van der Waals surface area contributed by atoms with E-state index in [2.05, 4.69) is 34.4 Å². The van der Waals surface area contributed by atoms with E-state index in [0.717, 1.165) is 10.9 Å². The predicted molar refractivity (Wildman–Crippen MR) is 83.7 cm³/mol. The van der Waals surface area contributed by atoms with E-state index in [1.54, 1.807) is 0 Å². The van der Waals surface area contributed by atoms with Crippen molar-refractivity contribution in [1.29, 1.82) is 0 Å². The molecule has 2 aromatic carbocycles. The highest BCUT2D eigenvalue weighted by Crippen LogP contribution is 2.50. The van der Waals surface area contributed by atoms with Gasteiger partial charge in [-0.2, -0.15) is 4.98 Å². The van der Waals surface area contributed by atoms with E-state index >= 15 is 0 Å². The minimum absolute atomic E-state index is 0.122. The monoisotopic (exact) mass is 314 g/mol. The first-order valence-corrected chi connectivity index (χ1v) is 7.81. The first-order chi connectivity index (χ1) is 10.7. The normalized spacial score (nSPS) is 24.4. The molecule has 1 N–H and O–H groups in total. The number of nitrogens with zero attached hydrogens (tertiary/aromatic N) is 2. The van der Waals surface area contributed by atoms with Crippen molar-refractivity contribution in [2.75, 3.05) is 0 Å². The Balaban J connectivity index is 1.57. The second-order valence-electron chi connectivity index (χ2n) is 5.88. The number of fused-ring (bicyclic) bond motifs is 1. The van der Waals surface area contributed by atoms with Crippen LogP contribution in [0.2, 0.25) is 0 Å². The molecular formula is C17H15ClN2O2. The molecule has 4 nitrogen and oxygen atoms in total. The second-order valence-corrected chi connectivity index (χ2v) is 6.15. The molecule has 0 aliphatic heterocycles. The molecule has 0 radical (unpaired) electrons. The molecule has 0 atom stereocenters. The zero-order chi connectivity index (χ0) is 15.2. The Morgan fingerprint density at radius 1 is 1.18 bits per heavy atom. The van der Waals surface area contributed by atoms with E-state index in [1.807, 2.05) is 18.2 Å². The molecule has 0 unspecified atom stereocenters. The fourth-order valence-electron chi connectivity index (χ4n) is 3.14. The number of hydrogen-bond acceptors (Lipinski definition) is 4. The molecule has 0 bridgehead atoms. The average Bonchev–Trinajstić information content (AvgIpc) is 3.00. The first-order valence-electron chi connectivity index (χ1n) is 7.28. The number of benzene rings is 2. The lowest BCUT2D eigenvalue weighted by molar-refractivity contribution is -0.0572. The van der Waals surface area contributed by atoms with Gasteiger partial charge in [0.05, 0.1) is 5.60 Å². The molecule has 22 heavy (non-hydrogen) atoms. The Labute approximate surface area is 132 Å². The van der Waals surface area contributed by atoms with Crippen LogP contribution >= 0.6 is 11.6 Å². The summed E-state index contributed by atoms with van der Waals surface area (Å²) >= 11 is 5.67. The summed E-state index contributed by atoms with van der Waals surface area (Å²) < 4.78 is 5.03. The number of aromatic nitrogens is 2. The summed E-state index contributed by atoms with van der Waals surface area (Å²) in [7, 11) is 0. The van der Waals surface area contributed by atoms with Crippen LogP contribution in [0.25, 0.3) is 10.8 Å². The van der Waals surface area contributed by atoms with Crippen LogP contribution in [0.15, 0.2) is 47.0 Å². The topological polar surface area (TPSA) is 59.2 Å². The maximum atomic E-state index is 10.8. The Hall–Kier alpha value is -1.91. The zero-order valence-corrected chi connectivity index (χ0v) is 12.6. The Bertz CT molecular complexity index is 824. The zero-order valence-electron chi connectivity index (χ0n) is 11.9. The first kappa shape index (κ1) is 13.7. The maximum Gasteiger partial charge on any atom is 0.241 e. The number of alkyl halides is 1. The van der Waals surface area contributed by atoms with E-state index in [4.69, 9.17) is 16.1 Å². The van der Waals surface area contributed by atoms with Crippen molar-refractivity contribution >= 4 is 22.4 Å². The lowest BCUT2D eigenvalue weighted by Gasteiger charge is -2.42. The van der Waals surface area contributed by atoms with Crippen molar-refractivity contribution in [2.24, 2.45) is 0 Å². The van der Waals surface area contributed by atoms with Crippen LogP contribution in [0.3, 0.4) is 0 Å². The molecular weight excluding hydrogens is 300 g/mol. The van der Waals surface area contributed by atoms with E-state index in [9.17, 15) is 5.11 Å². The Morgan fingerprint density at radius 2 is 1.95 bits per heavy atom. The molecule has 1 aliphatic rings. The summed E-state index contributed by atoms with van der Waals surface area (Å²) in [6.07, 6.45) is 1.21. The second kappa shape index (κ2) is 5.07. The molecule has 0 saturated heterocycles. The summed E-state index contributed by atoms with van der Waals surface area (Å²) in [6, 6.07) is 14.3. The van der Waals surface area contributed by atoms with Crippen molar-refractivity contribution in [3.63, 3.8) is 0 Å². The van der Waals surface area contributed by atoms with Crippen LogP contribution < -0.4 is 0 Å². The van der Waals surface area contributed by atoms with Gasteiger partial charge in [0.1, 0.15) is 5.88 Å². The van der Waals surface area contributed by atoms with Crippen LogP contribution in [0.1, 0.15) is 36.0 Å². The third-order valence-electron chi connectivity index (χ3n) is 4.42. The van der Waals surface area contributed by atoms with Crippen LogP contribution in [-0.2, 0) is 11.5 Å². The van der Waals surface area contributed by atoms with Crippen LogP contribution in [0.4, 0.5) is 0 Å². The van der Waals surface area contributed by atoms with Gasteiger partial charge in [-0.15, -0.1) is 11.6 Å². The number of hydrogen-bond donors (Lipinski definition) is 1. The quantitative estimate of drug-likeness (QED) is 0.748. The maximum absolute atomic E-state index is 10.8. The molecule has 0 spiro atoms. The van der Waals surface area contributed by atoms with Crippen molar-refractivity contribution in [2.45, 2.75) is 30.2 Å². The Kier molecular flexibility index (Phi) is 3.17. The van der Waals surface area contributed by atoms with Crippen LogP contribution in [-0.4, -0.2) is 15.2 Å². The van der Waals surface area contributed by atoms with Gasteiger partial charge in [0.15, 0.2) is 5.82 Å². The summed E-state index contributed by atoms with van der Waals surface area (Å²) in [5.41, 5.74) is 0.139. The summed E-state index contributed by atoms with van der Waals surface area (Å²) in [4.78, 5) is 4.24. The molecule has 0 amide bonds. The summed E-state index contributed by atoms with van der Waals surface area (Å²) in [5, 5.41) is 17.1. The molecule has 1 aliphatic carbocycles. The van der Waals surface area contributed by atoms with Gasteiger partial charge in [0.2, 0.25) is 5.89 Å². The van der Waals surface area contributed by atoms with Crippen LogP contribution in [0, 0.1) is 0 Å². The van der Waals surface area contributed by atoms with Crippen molar-refractivity contribution in [1.82, 2.24) is 10.1 Å². The minimum Gasteiger partial charge on any atom is -0.385 e. The molecule has 5 heteroatoms. The van der Waals surface area contributed by atoms with Crippen molar-refractivity contribution in [3.8, 4) is 0 Å². The highest BCUT2D eigenvalue weighted by atomic mass is 35.5. The average molecular weight is 315 g/mol. The highest BCUT2D eigenvalue weighted by Gasteiger charge is 2.46. The van der Waals surface area contributed by atoms with E-state index in [1.165, 1.54) is 5.39 Å². The van der Waals surface area contributed by atoms with Gasteiger partial charge in [-0.05, 0) is 35.2 Å². The minimum atomic E-state index is -0.809. The van der Waals surface area contributed by atoms with Crippen molar-refractivity contribution < 1.29 is 9.63 Å². The van der Waals surface area contributed by atoms with E-state index in [-0.39, 0.29) is 11.8 Å². The number of rotatable bonds is 3. The summed E-state index contributed by atoms with van der Waals surface area (Å²) in [6.45, 7) is 0. The molecule has 4 rings (SSSR count). The SMILES string of the molecule is OC1(c2ccc3ccccc3c2)CC(c2noc(CCl)n2)C1. The van der Waals surface area contributed by atoms with Crippen molar-refractivity contribution in [3.05, 3.63) is 59.7 Å². The molecule has 1 fully saturated rings. The molecule has 112 valence electrons. The number of halogens is 1. The van der Waals surface area contributed by atoms with E-state index in [0.29, 0.717) is 24.6 Å². The standard InChI is InChI=1S/C17H15ClN2O2/c18-10-15-19-16(20-22-15)13-8-17(21,9-13)14-6-5-11-3-1-2-4-12(11)7-14/h1-7,13,21H,8-10H2. The smallest absolute Gasteiger partial charge is 0.241 e. The van der Waals surface area contributed by atoms with Gasteiger partial charge >= 0.3 is 0 Å². The highest BCUT2D eigenvalue weighted by molar-refractivity contribution is 6.16. The fraction of sp³-hybridized carbons (Fsp3) is 0.294. The lowest BCUT2D eigenvalue weighted by atomic mass is 9.67. The Morgan fingerprint density at radius 3 is 2.68 bits per heavy atom. The molecule has 1 saturated carbocycles. The molecule has 1 aromatic heterocycles. The largest absolute Gasteiger partial charge is 0.385 e. The third kappa shape index (κ3) is 2.19. The predicted octanol–water partition coefficient (Wildman–Crippen LogP) is 3.73. The van der Waals surface area contributed by atoms with Crippen LogP contribution in [0.5, 0.6) is 0 Å². The number of aliphatic hydroxyl groups is 1. The van der Waals surface area contributed by atoms with Gasteiger partial charge in [-0.3, -0.25) is 0 Å². The van der Waals surface area contributed by atoms with Gasteiger partial charge in [0.25, 0.3) is 0 Å². The van der Waals surface area contributed by atoms with Gasteiger partial charge in [-0.25, -0.2) is 0 Å². The summed E-state index contributed by atoms with van der Waals surface area (Å²) in [5.74, 6) is 1.41. The molecule has 3 aromatic rings. The molecule has 1 heterocycles. The third-order valence-corrected chi connectivity index (χ3v) is 4.65. The van der Waals surface area contributed by atoms with E-state index < -0.39 is 5.60 Å².